The van der Waals surface area contributed by atoms with E-state index in [-0.39, 0.29) is 0 Å². The SMILES string of the molecule is NC(/N=C/c1ccccc1)c1ccc(-n2c3ccccc3c3ccc4c5ccccc5sc4c32)cc1. The molecule has 0 aliphatic heterocycles. The molecule has 172 valence electrons. The minimum atomic E-state index is -0.410. The standard InChI is InChI=1S/C32H23N3S/c33-32(34-20-21-8-2-1-3-9-21)22-14-16-23(17-15-22)35-28-12-6-4-10-24(28)26-18-19-27-25-11-5-7-13-29(25)36-31(27)30(26)35/h1-20,32H,33H2/b34-20+. The summed E-state index contributed by atoms with van der Waals surface area (Å²) in [6.45, 7) is 0. The van der Waals surface area contributed by atoms with Gasteiger partial charge in [0.15, 0.2) is 0 Å². The van der Waals surface area contributed by atoms with Crippen LogP contribution in [0.15, 0.2) is 120 Å². The fourth-order valence-corrected chi connectivity index (χ4v) is 6.35. The van der Waals surface area contributed by atoms with Gasteiger partial charge in [0.25, 0.3) is 0 Å². The van der Waals surface area contributed by atoms with E-state index in [9.17, 15) is 0 Å². The highest BCUT2D eigenvalue weighted by Gasteiger charge is 2.17. The molecule has 0 fully saturated rings. The van der Waals surface area contributed by atoms with E-state index in [1.807, 2.05) is 47.9 Å². The van der Waals surface area contributed by atoms with Gasteiger partial charge >= 0.3 is 0 Å². The summed E-state index contributed by atoms with van der Waals surface area (Å²) in [5, 5.41) is 5.16. The zero-order chi connectivity index (χ0) is 24.1. The number of thiophene rings is 1. The lowest BCUT2D eigenvalue weighted by Crippen LogP contribution is -2.08. The van der Waals surface area contributed by atoms with Crippen molar-refractivity contribution in [2.45, 2.75) is 6.17 Å². The third kappa shape index (κ3) is 3.34. The Morgan fingerprint density at radius 2 is 1.36 bits per heavy atom. The maximum atomic E-state index is 6.41. The monoisotopic (exact) mass is 481 g/mol. The topological polar surface area (TPSA) is 43.3 Å². The molecule has 0 aliphatic carbocycles. The second-order valence-electron chi connectivity index (χ2n) is 9.01. The first-order valence-corrected chi connectivity index (χ1v) is 12.9. The van der Waals surface area contributed by atoms with Crippen molar-refractivity contribution < 1.29 is 0 Å². The van der Waals surface area contributed by atoms with E-state index in [2.05, 4.69) is 94.5 Å². The molecule has 0 spiro atoms. The van der Waals surface area contributed by atoms with Gasteiger partial charge in [0.05, 0.1) is 15.7 Å². The van der Waals surface area contributed by atoms with Gasteiger partial charge in [0, 0.05) is 38.1 Å². The minimum absolute atomic E-state index is 0.410. The quantitative estimate of drug-likeness (QED) is 0.253. The Bertz CT molecular complexity index is 1890. The largest absolute Gasteiger partial charge is 0.308 e. The van der Waals surface area contributed by atoms with Crippen LogP contribution in [0.1, 0.15) is 17.3 Å². The number of hydrogen-bond acceptors (Lipinski definition) is 3. The highest BCUT2D eigenvalue weighted by Crippen LogP contribution is 2.42. The molecule has 0 radical (unpaired) electrons. The molecule has 2 heterocycles. The molecule has 7 aromatic rings. The lowest BCUT2D eigenvalue weighted by molar-refractivity contribution is 0.780. The highest BCUT2D eigenvalue weighted by atomic mass is 32.1. The number of fused-ring (bicyclic) bond motifs is 7. The molecular formula is C32H23N3S. The Morgan fingerprint density at radius 3 is 2.19 bits per heavy atom. The molecule has 0 saturated heterocycles. The predicted octanol–water partition coefficient (Wildman–Crippen LogP) is 8.23. The Balaban J connectivity index is 1.39. The summed E-state index contributed by atoms with van der Waals surface area (Å²) in [6, 6.07) is 40.4. The second-order valence-corrected chi connectivity index (χ2v) is 10.1. The van der Waals surface area contributed by atoms with E-state index in [1.165, 1.54) is 42.0 Å². The van der Waals surface area contributed by atoms with Crippen LogP contribution in [0.25, 0.3) is 47.7 Å². The zero-order valence-corrected chi connectivity index (χ0v) is 20.3. The van der Waals surface area contributed by atoms with Gasteiger partial charge in [-0.15, -0.1) is 11.3 Å². The smallest absolute Gasteiger partial charge is 0.123 e. The molecule has 7 rings (SSSR count). The van der Waals surface area contributed by atoms with Gasteiger partial charge in [-0.3, -0.25) is 4.99 Å². The Labute approximate surface area is 212 Å². The van der Waals surface area contributed by atoms with Crippen molar-refractivity contribution in [2.75, 3.05) is 0 Å². The Hall–Kier alpha value is -4.25. The normalized spacial score (nSPS) is 12.9. The van der Waals surface area contributed by atoms with Crippen molar-refractivity contribution in [1.29, 1.82) is 0 Å². The molecule has 2 aromatic heterocycles. The number of nitrogens with zero attached hydrogens (tertiary/aromatic N) is 2. The molecule has 2 N–H and O–H groups in total. The Morgan fingerprint density at radius 1 is 0.667 bits per heavy atom. The van der Waals surface area contributed by atoms with Crippen LogP contribution in [-0.2, 0) is 0 Å². The van der Waals surface area contributed by atoms with Crippen molar-refractivity contribution in [3.8, 4) is 5.69 Å². The number of hydrogen-bond donors (Lipinski definition) is 1. The van der Waals surface area contributed by atoms with Crippen LogP contribution >= 0.6 is 11.3 Å². The van der Waals surface area contributed by atoms with Crippen molar-refractivity contribution in [3.63, 3.8) is 0 Å². The van der Waals surface area contributed by atoms with E-state index in [1.54, 1.807) is 0 Å². The predicted molar refractivity (Wildman–Crippen MR) is 155 cm³/mol. The molecule has 5 aromatic carbocycles. The number of aromatic nitrogens is 1. The lowest BCUT2D eigenvalue weighted by Gasteiger charge is -2.11. The first-order valence-electron chi connectivity index (χ1n) is 12.1. The van der Waals surface area contributed by atoms with Crippen LogP contribution in [0, 0.1) is 0 Å². The zero-order valence-electron chi connectivity index (χ0n) is 19.5. The van der Waals surface area contributed by atoms with Crippen LogP contribution in [0.4, 0.5) is 0 Å². The lowest BCUT2D eigenvalue weighted by atomic mass is 10.1. The molecule has 36 heavy (non-hydrogen) atoms. The molecule has 4 heteroatoms. The number of rotatable bonds is 4. The summed E-state index contributed by atoms with van der Waals surface area (Å²) in [6.07, 6.45) is 1.43. The second kappa shape index (κ2) is 8.45. The molecule has 0 amide bonds. The van der Waals surface area contributed by atoms with Crippen molar-refractivity contribution in [2.24, 2.45) is 10.7 Å². The van der Waals surface area contributed by atoms with Crippen molar-refractivity contribution in [1.82, 2.24) is 4.57 Å². The molecular weight excluding hydrogens is 458 g/mol. The molecule has 1 atom stereocenters. The van der Waals surface area contributed by atoms with E-state index < -0.39 is 6.17 Å². The summed E-state index contributed by atoms with van der Waals surface area (Å²) in [5.74, 6) is 0. The summed E-state index contributed by atoms with van der Waals surface area (Å²) in [5.41, 5.74) is 12.0. The van der Waals surface area contributed by atoms with E-state index >= 15 is 0 Å². The van der Waals surface area contributed by atoms with Gasteiger partial charge < -0.3 is 10.3 Å². The molecule has 3 nitrogen and oxygen atoms in total. The maximum Gasteiger partial charge on any atom is 0.123 e. The number of aliphatic imine (C=N–C) groups is 1. The summed E-state index contributed by atoms with van der Waals surface area (Å²) < 4.78 is 5.03. The Kier molecular flexibility index (Phi) is 4.95. The van der Waals surface area contributed by atoms with Gasteiger partial charge in [-0.25, -0.2) is 0 Å². The average Bonchev–Trinajstić information content (AvgIpc) is 3.48. The third-order valence-electron chi connectivity index (χ3n) is 6.86. The van der Waals surface area contributed by atoms with Crippen molar-refractivity contribution >= 4 is 59.5 Å². The average molecular weight is 482 g/mol. The first-order chi connectivity index (χ1) is 17.8. The number of para-hydroxylation sites is 1. The van der Waals surface area contributed by atoms with Gasteiger partial charge in [-0.05, 0) is 35.4 Å². The number of nitrogens with two attached hydrogens (primary N) is 1. The van der Waals surface area contributed by atoms with E-state index in [0.717, 1.165) is 16.8 Å². The fraction of sp³-hybridized carbons (Fsp3) is 0.0312. The maximum absolute atomic E-state index is 6.41. The van der Waals surface area contributed by atoms with Crippen LogP contribution in [0.5, 0.6) is 0 Å². The number of benzene rings is 5. The molecule has 1 unspecified atom stereocenters. The van der Waals surface area contributed by atoms with Crippen LogP contribution in [0.2, 0.25) is 0 Å². The van der Waals surface area contributed by atoms with Crippen LogP contribution in [-0.4, -0.2) is 10.8 Å². The molecule has 0 aliphatic rings. The van der Waals surface area contributed by atoms with Gasteiger partial charge in [-0.1, -0.05) is 91.0 Å². The summed E-state index contributed by atoms with van der Waals surface area (Å²) in [7, 11) is 0. The van der Waals surface area contributed by atoms with Gasteiger partial charge in [0.1, 0.15) is 6.17 Å². The highest BCUT2D eigenvalue weighted by molar-refractivity contribution is 7.26. The minimum Gasteiger partial charge on any atom is -0.308 e. The first kappa shape index (κ1) is 21.1. The molecule has 0 bridgehead atoms. The van der Waals surface area contributed by atoms with Crippen LogP contribution < -0.4 is 5.73 Å². The summed E-state index contributed by atoms with van der Waals surface area (Å²) >= 11 is 1.87. The van der Waals surface area contributed by atoms with Gasteiger partial charge in [-0.2, -0.15) is 0 Å². The van der Waals surface area contributed by atoms with Gasteiger partial charge in [0.2, 0.25) is 0 Å². The van der Waals surface area contributed by atoms with E-state index in [4.69, 9.17) is 5.73 Å². The van der Waals surface area contributed by atoms with Crippen molar-refractivity contribution in [3.05, 3.63) is 126 Å². The fourth-order valence-electron chi connectivity index (χ4n) is 5.11. The third-order valence-corrected chi connectivity index (χ3v) is 8.05. The molecule has 0 saturated carbocycles. The summed E-state index contributed by atoms with van der Waals surface area (Å²) in [4.78, 5) is 4.57. The van der Waals surface area contributed by atoms with Crippen LogP contribution in [0.3, 0.4) is 0 Å². The van der Waals surface area contributed by atoms with E-state index in [0.29, 0.717) is 0 Å².